The smallest absolute Gasteiger partial charge is 0.254 e. The Morgan fingerprint density at radius 3 is 2.92 bits per heavy atom. The normalized spacial score (nSPS) is 19.3. The number of fused-ring (bicyclic) bond motifs is 2. The fraction of sp³-hybridized carbons (Fsp3) is 0.444. The van der Waals surface area contributed by atoms with Gasteiger partial charge in [-0.2, -0.15) is 0 Å². The molecule has 1 aromatic heterocycles. The van der Waals surface area contributed by atoms with Crippen molar-refractivity contribution >= 4 is 5.91 Å². The zero-order valence-corrected chi connectivity index (χ0v) is 14.1. The Hall–Kier alpha value is -2.54. The summed E-state index contributed by atoms with van der Waals surface area (Å²) in [5.41, 5.74) is 2.48. The molecule has 25 heavy (non-hydrogen) atoms. The predicted octanol–water partition coefficient (Wildman–Crippen LogP) is 1.14. The highest BCUT2D eigenvalue weighted by Gasteiger charge is 2.32. The Bertz CT molecular complexity index is 802. The van der Waals surface area contributed by atoms with Crippen molar-refractivity contribution < 1.29 is 19.4 Å². The monoisotopic (exact) mass is 343 g/mol. The SMILES string of the molecule is Cn1cnc2c1CC(CO)N(C(=O)c1ccc3c(c1)OCCCO3)C2. The first-order valence-electron chi connectivity index (χ1n) is 8.48. The summed E-state index contributed by atoms with van der Waals surface area (Å²) in [5.74, 6) is 1.13. The summed E-state index contributed by atoms with van der Waals surface area (Å²) in [6.45, 7) is 1.50. The van der Waals surface area contributed by atoms with Crippen molar-refractivity contribution in [3.63, 3.8) is 0 Å². The van der Waals surface area contributed by atoms with Crippen molar-refractivity contribution in [2.75, 3.05) is 19.8 Å². The average Bonchev–Trinajstić information content (AvgIpc) is 2.85. The van der Waals surface area contributed by atoms with Gasteiger partial charge in [0, 0.05) is 31.1 Å². The van der Waals surface area contributed by atoms with Crippen LogP contribution in [0.5, 0.6) is 11.5 Å². The Balaban J connectivity index is 1.63. The molecule has 7 heteroatoms. The van der Waals surface area contributed by atoms with Gasteiger partial charge in [-0.15, -0.1) is 0 Å². The standard InChI is InChI=1S/C18H21N3O4/c1-20-11-19-14-9-21(13(10-22)8-15(14)20)18(23)12-3-4-16-17(7-12)25-6-2-5-24-16/h3-4,7,11,13,22H,2,5-6,8-10H2,1H3. The maximum absolute atomic E-state index is 13.0. The minimum atomic E-state index is -0.258. The fourth-order valence-electron chi connectivity index (χ4n) is 3.38. The highest BCUT2D eigenvalue weighted by molar-refractivity contribution is 5.95. The molecule has 4 rings (SSSR count). The van der Waals surface area contributed by atoms with Crippen LogP contribution in [-0.4, -0.2) is 51.3 Å². The van der Waals surface area contributed by atoms with Gasteiger partial charge in [-0.05, 0) is 18.2 Å². The van der Waals surface area contributed by atoms with Crippen molar-refractivity contribution in [3.05, 3.63) is 41.5 Å². The van der Waals surface area contributed by atoms with Crippen LogP contribution >= 0.6 is 0 Å². The van der Waals surface area contributed by atoms with Crippen LogP contribution in [0.25, 0.3) is 0 Å². The molecule has 132 valence electrons. The Kier molecular flexibility index (Phi) is 4.09. The number of ether oxygens (including phenoxy) is 2. The average molecular weight is 343 g/mol. The minimum Gasteiger partial charge on any atom is -0.490 e. The summed E-state index contributed by atoms with van der Waals surface area (Å²) in [7, 11) is 1.93. The lowest BCUT2D eigenvalue weighted by atomic mass is 10.0. The molecule has 3 heterocycles. The molecule has 0 saturated heterocycles. The highest BCUT2D eigenvalue weighted by atomic mass is 16.5. The van der Waals surface area contributed by atoms with Gasteiger partial charge in [0.05, 0.1) is 44.4 Å². The quantitative estimate of drug-likeness (QED) is 0.885. The van der Waals surface area contributed by atoms with Crippen molar-refractivity contribution in [2.24, 2.45) is 7.05 Å². The summed E-state index contributed by atoms with van der Waals surface area (Å²) in [5, 5.41) is 9.77. The van der Waals surface area contributed by atoms with Crippen molar-refractivity contribution in [2.45, 2.75) is 25.4 Å². The van der Waals surface area contributed by atoms with Gasteiger partial charge >= 0.3 is 0 Å². The maximum atomic E-state index is 13.0. The van der Waals surface area contributed by atoms with E-state index in [4.69, 9.17) is 9.47 Å². The van der Waals surface area contributed by atoms with Gasteiger partial charge < -0.3 is 24.0 Å². The van der Waals surface area contributed by atoms with Crippen molar-refractivity contribution in [3.8, 4) is 11.5 Å². The first-order chi connectivity index (χ1) is 12.2. The molecular weight excluding hydrogens is 322 g/mol. The molecule has 7 nitrogen and oxygen atoms in total. The summed E-state index contributed by atoms with van der Waals surface area (Å²) in [6.07, 6.45) is 3.17. The van der Waals surface area contributed by atoms with E-state index >= 15 is 0 Å². The lowest BCUT2D eigenvalue weighted by Crippen LogP contribution is -2.46. The third-order valence-electron chi connectivity index (χ3n) is 4.80. The molecular formula is C18H21N3O4. The highest BCUT2D eigenvalue weighted by Crippen LogP contribution is 2.32. The number of benzene rings is 1. The number of aryl methyl sites for hydroxylation is 1. The van der Waals surface area contributed by atoms with Gasteiger partial charge in [0.15, 0.2) is 11.5 Å². The molecule has 1 atom stereocenters. The second-order valence-corrected chi connectivity index (χ2v) is 6.43. The molecule has 0 saturated carbocycles. The van der Waals surface area contributed by atoms with Gasteiger partial charge in [0.2, 0.25) is 0 Å². The van der Waals surface area contributed by atoms with Crippen LogP contribution in [0.3, 0.4) is 0 Å². The van der Waals surface area contributed by atoms with Gasteiger partial charge in [-0.25, -0.2) is 4.98 Å². The van der Waals surface area contributed by atoms with Crippen LogP contribution < -0.4 is 9.47 Å². The van der Waals surface area contributed by atoms with E-state index in [1.54, 1.807) is 29.4 Å². The number of carbonyl (C=O) groups excluding carboxylic acids is 1. The zero-order valence-electron chi connectivity index (χ0n) is 14.1. The molecule has 1 amide bonds. The molecule has 0 spiro atoms. The third-order valence-corrected chi connectivity index (χ3v) is 4.80. The minimum absolute atomic E-state index is 0.0824. The van der Waals surface area contributed by atoms with E-state index in [0.29, 0.717) is 43.2 Å². The number of nitrogens with zero attached hydrogens (tertiary/aromatic N) is 3. The van der Waals surface area contributed by atoms with E-state index in [2.05, 4.69) is 4.98 Å². The first kappa shape index (κ1) is 16.0. The number of amides is 1. The molecule has 2 aliphatic rings. The molecule has 1 aromatic carbocycles. The van der Waals surface area contributed by atoms with Crippen LogP contribution in [0.1, 0.15) is 28.2 Å². The van der Waals surface area contributed by atoms with E-state index in [0.717, 1.165) is 17.8 Å². The van der Waals surface area contributed by atoms with Crippen LogP contribution in [0.15, 0.2) is 24.5 Å². The van der Waals surface area contributed by atoms with E-state index in [-0.39, 0.29) is 18.6 Å². The number of imidazole rings is 1. The molecule has 2 aliphatic heterocycles. The number of rotatable bonds is 2. The van der Waals surface area contributed by atoms with Gasteiger partial charge in [-0.1, -0.05) is 0 Å². The number of aromatic nitrogens is 2. The van der Waals surface area contributed by atoms with Crippen molar-refractivity contribution in [1.82, 2.24) is 14.5 Å². The molecule has 0 bridgehead atoms. The molecule has 1 N–H and O–H groups in total. The molecule has 2 aromatic rings. The summed E-state index contributed by atoms with van der Waals surface area (Å²) >= 11 is 0. The molecule has 1 unspecified atom stereocenters. The van der Waals surface area contributed by atoms with Crippen LogP contribution in [0, 0.1) is 0 Å². The first-order valence-corrected chi connectivity index (χ1v) is 8.48. The topological polar surface area (TPSA) is 76.8 Å². The van der Waals surface area contributed by atoms with Gasteiger partial charge in [-0.3, -0.25) is 4.79 Å². The number of aliphatic hydroxyl groups excluding tert-OH is 1. The maximum Gasteiger partial charge on any atom is 0.254 e. The summed E-state index contributed by atoms with van der Waals surface area (Å²) in [6, 6.07) is 4.99. The lowest BCUT2D eigenvalue weighted by Gasteiger charge is -2.34. The largest absolute Gasteiger partial charge is 0.490 e. The second-order valence-electron chi connectivity index (χ2n) is 6.43. The van der Waals surface area contributed by atoms with Gasteiger partial charge in [0.1, 0.15) is 0 Å². The summed E-state index contributed by atoms with van der Waals surface area (Å²) < 4.78 is 13.2. The van der Waals surface area contributed by atoms with Crippen LogP contribution in [-0.2, 0) is 20.0 Å². The predicted molar refractivity (Wildman–Crippen MR) is 89.7 cm³/mol. The number of hydrogen-bond acceptors (Lipinski definition) is 5. The van der Waals surface area contributed by atoms with E-state index in [1.165, 1.54) is 0 Å². The second kappa shape index (κ2) is 6.40. The van der Waals surface area contributed by atoms with Crippen LogP contribution in [0.2, 0.25) is 0 Å². The fourth-order valence-corrected chi connectivity index (χ4v) is 3.38. The van der Waals surface area contributed by atoms with Crippen molar-refractivity contribution in [1.29, 1.82) is 0 Å². The number of aliphatic hydroxyl groups is 1. The van der Waals surface area contributed by atoms with E-state index in [9.17, 15) is 9.90 Å². The summed E-state index contributed by atoms with van der Waals surface area (Å²) in [4.78, 5) is 19.1. The number of carbonyl (C=O) groups is 1. The van der Waals surface area contributed by atoms with Gasteiger partial charge in [0.25, 0.3) is 5.91 Å². The van der Waals surface area contributed by atoms with Crippen LogP contribution in [0.4, 0.5) is 0 Å². The van der Waals surface area contributed by atoms with E-state index in [1.807, 2.05) is 11.6 Å². The molecule has 0 aliphatic carbocycles. The lowest BCUT2D eigenvalue weighted by molar-refractivity contribution is 0.0535. The molecule has 0 radical (unpaired) electrons. The Morgan fingerprint density at radius 2 is 2.12 bits per heavy atom. The van der Waals surface area contributed by atoms with E-state index < -0.39 is 0 Å². The zero-order chi connectivity index (χ0) is 17.4. The molecule has 0 fully saturated rings. The number of hydrogen-bond donors (Lipinski definition) is 1. The Labute approximate surface area is 145 Å². The Morgan fingerprint density at radius 1 is 1.32 bits per heavy atom. The third kappa shape index (κ3) is 2.84.